The van der Waals surface area contributed by atoms with Gasteiger partial charge in [-0.3, -0.25) is 4.79 Å². The highest BCUT2D eigenvalue weighted by Crippen LogP contribution is 2.08. The molecule has 1 unspecified atom stereocenters. The van der Waals surface area contributed by atoms with Crippen LogP contribution in [-0.4, -0.2) is 30.1 Å². The lowest BCUT2D eigenvalue weighted by atomic mass is 10.1. The van der Waals surface area contributed by atoms with Crippen molar-refractivity contribution in [2.24, 2.45) is 13.0 Å². The van der Waals surface area contributed by atoms with Crippen LogP contribution in [0.5, 0.6) is 0 Å². The summed E-state index contributed by atoms with van der Waals surface area (Å²) in [5.74, 6) is 0.618. The molecular formula is C12H20ClN3O. The van der Waals surface area contributed by atoms with Crippen molar-refractivity contribution in [3.8, 4) is 0 Å². The fourth-order valence-corrected chi connectivity index (χ4v) is 2.06. The molecule has 17 heavy (non-hydrogen) atoms. The molecule has 0 spiro atoms. The molecule has 1 fully saturated rings. The van der Waals surface area contributed by atoms with Gasteiger partial charge in [0.25, 0.3) is 5.91 Å². The molecule has 5 heteroatoms. The van der Waals surface area contributed by atoms with Crippen LogP contribution in [0.25, 0.3) is 0 Å². The molecule has 1 saturated heterocycles. The lowest BCUT2D eigenvalue weighted by Gasteiger charge is -2.10. The average molecular weight is 258 g/mol. The third kappa shape index (κ3) is 3.23. The monoisotopic (exact) mass is 257 g/mol. The van der Waals surface area contributed by atoms with Gasteiger partial charge < -0.3 is 15.2 Å². The van der Waals surface area contributed by atoms with Crippen LogP contribution < -0.4 is 10.6 Å². The molecule has 0 bridgehead atoms. The summed E-state index contributed by atoms with van der Waals surface area (Å²) in [7, 11) is 1.92. The normalized spacial score (nSPS) is 18.8. The van der Waals surface area contributed by atoms with Crippen molar-refractivity contribution in [3.63, 3.8) is 0 Å². The Hall–Kier alpha value is -1.00. The highest BCUT2D eigenvalue weighted by molar-refractivity contribution is 5.92. The number of hydrogen-bond donors (Lipinski definition) is 2. The number of aromatic nitrogens is 1. The van der Waals surface area contributed by atoms with Crippen molar-refractivity contribution in [2.45, 2.75) is 13.3 Å². The summed E-state index contributed by atoms with van der Waals surface area (Å²) in [5, 5.41) is 6.29. The highest BCUT2D eigenvalue weighted by Gasteiger charge is 2.16. The highest BCUT2D eigenvalue weighted by atomic mass is 35.5. The van der Waals surface area contributed by atoms with Crippen LogP contribution in [0.2, 0.25) is 0 Å². The third-order valence-electron chi connectivity index (χ3n) is 3.32. The van der Waals surface area contributed by atoms with Crippen LogP contribution in [0, 0.1) is 12.8 Å². The summed E-state index contributed by atoms with van der Waals surface area (Å²) in [4.78, 5) is 11.9. The summed E-state index contributed by atoms with van der Waals surface area (Å²) < 4.78 is 1.92. The van der Waals surface area contributed by atoms with E-state index >= 15 is 0 Å². The Kier molecular flexibility index (Phi) is 5.02. The van der Waals surface area contributed by atoms with Crippen LogP contribution in [0.15, 0.2) is 12.1 Å². The fraction of sp³-hybridized carbons (Fsp3) is 0.583. The zero-order valence-corrected chi connectivity index (χ0v) is 11.1. The average Bonchev–Trinajstić information content (AvgIpc) is 2.88. The van der Waals surface area contributed by atoms with E-state index in [9.17, 15) is 4.79 Å². The summed E-state index contributed by atoms with van der Waals surface area (Å²) in [6, 6.07) is 3.84. The minimum atomic E-state index is 0. The summed E-state index contributed by atoms with van der Waals surface area (Å²) >= 11 is 0. The molecular weight excluding hydrogens is 238 g/mol. The van der Waals surface area contributed by atoms with Crippen molar-refractivity contribution >= 4 is 18.3 Å². The molecule has 1 amide bonds. The van der Waals surface area contributed by atoms with Gasteiger partial charge in [0, 0.05) is 19.3 Å². The van der Waals surface area contributed by atoms with Crippen LogP contribution in [-0.2, 0) is 7.05 Å². The lowest BCUT2D eigenvalue weighted by molar-refractivity contribution is 0.0940. The van der Waals surface area contributed by atoms with E-state index in [0.29, 0.717) is 5.92 Å². The van der Waals surface area contributed by atoms with Gasteiger partial charge in [-0.15, -0.1) is 12.4 Å². The molecule has 1 aliphatic heterocycles. The minimum Gasteiger partial charge on any atom is -0.350 e. The molecule has 0 saturated carbocycles. The molecule has 1 aromatic rings. The molecule has 96 valence electrons. The predicted octanol–water partition coefficient (Wildman–Crippen LogP) is 1.09. The van der Waals surface area contributed by atoms with Gasteiger partial charge in [-0.2, -0.15) is 0 Å². The van der Waals surface area contributed by atoms with Crippen molar-refractivity contribution in [2.75, 3.05) is 19.6 Å². The second-order valence-corrected chi connectivity index (χ2v) is 4.49. The molecule has 1 atom stereocenters. The van der Waals surface area contributed by atoms with Crippen molar-refractivity contribution < 1.29 is 4.79 Å². The first-order valence-corrected chi connectivity index (χ1v) is 5.79. The quantitative estimate of drug-likeness (QED) is 0.852. The maximum absolute atomic E-state index is 11.9. The second kappa shape index (κ2) is 6.07. The number of carbonyl (C=O) groups excluding carboxylic acids is 1. The molecule has 0 aliphatic carbocycles. The van der Waals surface area contributed by atoms with Crippen LogP contribution >= 0.6 is 12.4 Å². The van der Waals surface area contributed by atoms with Gasteiger partial charge in [-0.05, 0) is 44.5 Å². The molecule has 1 aromatic heterocycles. The molecule has 2 N–H and O–H groups in total. The zero-order valence-electron chi connectivity index (χ0n) is 10.3. The van der Waals surface area contributed by atoms with E-state index in [-0.39, 0.29) is 18.3 Å². The van der Waals surface area contributed by atoms with Gasteiger partial charge in [0.05, 0.1) is 0 Å². The Balaban J connectivity index is 0.00000144. The van der Waals surface area contributed by atoms with Crippen molar-refractivity contribution in [1.29, 1.82) is 0 Å². The number of hydrogen-bond acceptors (Lipinski definition) is 2. The molecule has 0 aromatic carbocycles. The second-order valence-electron chi connectivity index (χ2n) is 4.49. The van der Waals surface area contributed by atoms with Gasteiger partial charge in [0.15, 0.2) is 0 Å². The van der Waals surface area contributed by atoms with E-state index in [4.69, 9.17) is 0 Å². The van der Waals surface area contributed by atoms with E-state index in [1.54, 1.807) is 0 Å². The van der Waals surface area contributed by atoms with Crippen LogP contribution in [0.3, 0.4) is 0 Å². The minimum absolute atomic E-state index is 0. The molecule has 0 radical (unpaired) electrons. The van der Waals surface area contributed by atoms with E-state index in [2.05, 4.69) is 10.6 Å². The lowest BCUT2D eigenvalue weighted by Crippen LogP contribution is -2.31. The number of aryl methyl sites for hydroxylation is 1. The Morgan fingerprint density at radius 3 is 2.88 bits per heavy atom. The first-order valence-electron chi connectivity index (χ1n) is 5.79. The SMILES string of the molecule is Cc1ccc(C(=O)NCC2CCNC2)n1C.Cl. The van der Waals surface area contributed by atoms with Crippen molar-refractivity contribution in [3.05, 3.63) is 23.5 Å². The summed E-state index contributed by atoms with van der Waals surface area (Å²) in [6.07, 6.45) is 1.16. The van der Waals surface area contributed by atoms with Gasteiger partial charge in [0.1, 0.15) is 5.69 Å². The predicted molar refractivity (Wildman–Crippen MR) is 70.7 cm³/mol. The molecule has 1 aliphatic rings. The third-order valence-corrected chi connectivity index (χ3v) is 3.32. The Morgan fingerprint density at radius 1 is 1.59 bits per heavy atom. The Morgan fingerprint density at radius 2 is 2.35 bits per heavy atom. The Labute approximate surface area is 108 Å². The largest absolute Gasteiger partial charge is 0.350 e. The standard InChI is InChI=1S/C12H19N3O.ClH/c1-9-3-4-11(15(9)2)12(16)14-8-10-5-6-13-7-10;/h3-4,10,13H,5-8H2,1-2H3,(H,14,16);1H. The van der Waals surface area contributed by atoms with Gasteiger partial charge in [-0.25, -0.2) is 0 Å². The van der Waals surface area contributed by atoms with Gasteiger partial charge in [0.2, 0.25) is 0 Å². The first-order chi connectivity index (χ1) is 7.68. The molecule has 2 heterocycles. The van der Waals surface area contributed by atoms with Crippen LogP contribution in [0.4, 0.5) is 0 Å². The molecule has 4 nitrogen and oxygen atoms in total. The maximum Gasteiger partial charge on any atom is 0.267 e. The molecule has 2 rings (SSSR count). The smallest absolute Gasteiger partial charge is 0.267 e. The Bertz CT molecular complexity index is 383. The van der Waals surface area contributed by atoms with Gasteiger partial charge in [-0.1, -0.05) is 0 Å². The number of rotatable bonds is 3. The van der Waals surface area contributed by atoms with Gasteiger partial charge >= 0.3 is 0 Å². The zero-order chi connectivity index (χ0) is 11.5. The van der Waals surface area contributed by atoms with Crippen molar-refractivity contribution in [1.82, 2.24) is 15.2 Å². The number of carbonyl (C=O) groups is 1. The number of nitrogens with one attached hydrogen (secondary N) is 2. The first kappa shape index (κ1) is 14.1. The van der Waals surface area contributed by atoms with E-state index in [1.165, 1.54) is 0 Å². The van der Waals surface area contributed by atoms with E-state index in [1.807, 2.05) is 30.7 Å². The maximum atomic E-state index is 11.9. The topological polar surface area (TPSA) is 46.1 Å². The van der Waals surface area contributed by atoms with Crippen LogP contribution in [0.1, 0.15) is 22.6 Å². The summed E-state index contributed by atoms with van der Waals surface area (Å²) in [5.41, 5.74) is 1.84. The number of halogens is 1. The fourth-order valence-electron chi connectivity index (χ4n) is 2.06. The number of nitrogens with zero attached hydrogens (tertiary/aromatic N) is 1. The summed E-state index contributed by atoms with van der Waals surface area (Å²) in [6.45, 7) is 4.87. The van der Waals surface area contributed by atoms with E-state index in [0.717, 1.165) is 37.4 Å². The van der Waals surface area contributed by atoms with E-state index < -0.39 is 0 Å². The number of amides is 1.